The lowest BCUT2D eigenvalue weighted by Gasteiger charge is -2.57. The second-order valence-electron chi connectivity index (χ2n) is 9.42. The maximum absolute atomic E-state index is 11.8. The second kappa shape index (κ2) is 5.44. The van der Waals surface area contributed by atoms with Crippen molar-refractivity contribution in [1.29, 1.82) is 0 Å². The Morgan fingerprint density at radius 1 is 1.26 bits per heavy atom. The zero-order valence-corrected chi connectivity index (χ0v) is 14.9. The van der Waals surface area contributed by atoms with E-state index >= 15 is 0 Å². The van der Waals surface area contributed by atoms with Gasteiger partial charge in [0, 0.05) is 13.0 Å². The summed E-state index contributed by atoms with van der Waals surface area (Å²) in [7, 11) is 0. The highest BCUT2D eigenvalue weighted by molar-refractivity contribution is 5.91. The maximum Gasteiger partial charge on any atom is 0.155 e. The predicted octanol–water partition coefficient (Wildman–Crippen LogP) is 4.23. The molecule has 4 aliphatic carbocycles. The number of ketones is 1. The first-order valence-electron chi connectivity index (χ1n) is 9.80. The summed E-state index contributed by atoms with van der Waals surface area (Å²) in [5.74, 6) is 5.33. The number of fused-ring (bicyclic) bond motifs is 5. The van der Waals surface area contributed by atoms with Gasteiger partial charge in [0.05, 0.1) is 0 Å². The fourth-order valence-corrected chi connectivity index (χ4v) is 7.52. The van der Waals surface area contributed by atoms with Gasteiger partial charge in [-0.15, -0.1) is 0 Å². The van der Waals surface area contributed by atoms with E-state index in [2.05, 4.69) is 20.8 Å². The lowest BCUT2D eigenvalue weighted by molar-refractivity contribution is -0.116. The molecule has 3 saturated carbocycles. The Morgan fingerprint density at radius 3 is 2.78 bits per heavy atom. The van der Waals surface area contributed by atoms with Crippen molar-refractivity contribution in [3.63, 3.8) is 0 Å². The van der Waals surface area contributed by atoms with Crippen molar-refractivity contribution >= 4 is 5.78 Å². The molecule has 0 spiro atoms. The van der Waals surface area contributed by atoms with Gasteiger partial charge in [0.15, 0.2) is 5.78 Å². The van der Waals surface area contributed by atoms with Gasteiger partial charge in [0.25, 0.3) is 0 Å². The van der Waals surface area contributed by atoms with Crippen LogP contribution in [0.15, 0.2) is 11.6 Å². The smallest absolute Gasteiger partial charge is 0.155 e. The number of allylic oxidation sites excluding steroid dienone is 1. The van der Waals surface area contributed by atoms with Crippen LogP contribution in [-0.2, 0) is 4.79 Å². The average Bonchev–Trinajstić information content (AvgIpc) is 2.77. The van der Waals surface area contributed by atoms with Crippen molar-refractivity contribution in [2.24, 2.45) is 46.8 Å². The van der Waals surface area contributed by atoms with Gasteiger partial charge in [0.2, 0.25) is 0 Å². The van der Waals surface area contributed by atoms with Crippen LogP contribution < -0.4 is 0 Å². The summed E-state index contributed by atoms with van der Waals surface area (Å²) in [4.78, 5) is 11.8. The number of hydrogen-bond acceptors (Lipinski definition) is 2. The van der Waals surface area contributed by atoms with Gasteiger partial charge in [0.1, 0.15) is 0 Å². The Morgan fingerprint density at radius 2 is 2.04 bits per heavy atom. The molecule has 8 atom stereocenters. The van der Waals surface area contributed by atoms with Crippen LogP contribution in [0.4, 0.5) is 0 Å². The third-order valence-electron chi connectivity index (χ3n) is 8.37. The molecule has 3 fully saturated rings. The molecule has 0 aromatic heterocycles. The van der Waals surface area contributed by atoms with Crippen LogP contribution in [0, 0.1) is 46.8 Å². The summed E-state index contributed by atoms with van der Waals surface area (Å²) in [6.45, 7) is 7.70. The van der Waals surface area contributed by atoms with Crippen molar-refractivity contribution in [3.05, 3.63) is 11.6 Å². The molecule has 2 nitrogen and oxygen atoms in total. The highest BCUT2D eigenvalue weighted by atomic mass is 16.3. The van der Waals surface area contributed by atoms with E-state index in [0.717, 1.165) is 42.9 Å². The summed E-state index contributed by atoms with van der Waals surface area (Å²) in [5, 5.41) is 9.92. The zero-order chi connectivity index (χ0) is 16.4. The molecular weight excluding hydrogens is 284 g/mol. The minimum absolute atomic E-state index is 0.343. The van der Waals surface area contributed by atoms with Crippen LogP contribution in [0.3, 0.4) is 0 Å². The Labute approximate surface area is 140 Å². The van der Waals surface area contributed by atoms with Crippen molar-refractivity contribution in [3.8, 4) is 0 Å². The zero-order valence-electron chi connectivity index (χ0n) is 14.9. The van der Waals surface area contributed by atoms with Crippen molar-refractivity contribution < 1.29 is 9.90 Å². The summed E-state index contributed by atoms with van der Waals surface area (Å²) < 4.78 is 0. The third-order valence-corrected chi connectivity index (χ3v) is 8.37. The van der Waals surface area contributed by atoms with Crippen LogP contribution in [0.5, 0.6) is 0 Å². The quantitative estimate of drug-likeness (QED) is 0.786. The van der Waals surface area contributed by atoms with Gasteiger partial charge in [-0.3, -0.25) is 4.79 Å². The Kier molecular flexibility index (Phi) is 3.75. The van der Waals surface area contributed by atoms with Gasteiger partial charge in [-0.2, -0.15) is 0 Å². The largest absolute Gasteiger partial charge is 0.396 e. The lowest BCUT2D eigenvalue weighted by Crippen LogP contribution is -2.50. The minimum Gasteiger partial charge on any atom is -0.396 e. The SMILES string of the molecule is C[C@@H]1CC2=CC(=O)CC[C@@H]2[C@H]2CC[C@]3(C)[C@H](CO)C[C@@H](C)[C@@H]3[C@@H]21. The molecule has 0 amide bonds. The van der Waals surface area contributed by atoms with Gasteiger partial charge in [-0.05, 0) is 85.0 Å². The number of aliphatic hydroxyl groups excluding tert-OH is 1. The molecule has 23 heavy (non-hydrogen) atoms. The summed E-state index contributed by atoms with van der Waals surface area (Å²) in [6, 6.07) is 0. The maximum atomic E-state index is 11.8. The highest BCUT2D eigenvalue weighted by Crippen LogP contribution is 2.66. The average molecular weight is 316 g/mol. The number of aliphatic hydroxyl groups is 1. The minimum atomic E-state index is 0.343. The Hall–Kier alpha value is -0.630. The van der Waals surface area contributed by atoms with E-state index in [1.165, 1.54) is 24.8 Å². The second-order valence-corrected chi connectivity index (χ2v) is 9.42. The molecule has 4 rings (SSSR count). The van der Waals surface area contributed by atoms with Crippen LogP contribution in [-0.4, -0.2) is 17.5 Å². The lowest BCUT2D eigenvalue weighted by atomic mass is 9.48. The number of rotatable bonds is 1. The fraction of sp³-hybridized carbons (Fsp3) is 0.857. The number of carbonyl (C=O) groups excluding carboxylic acids is 1. The van der Waals surface area contributed by atoms with Gasteiger partial charge < -0.3 is 5.11 Å². The van der Waals surface area contributed by atoms with Gasteiger partial charge >= 0.3 is 0 Å². The predicted molar refractivity (Wildman–Crippen MR) is 91.8 cm³/mol. The van der Waals surface area contributed by atoms with E-state index < -0.39 is 0 Å². The molecule has 4 aliphatic rings. The summed E-state index contributed by atoms with van der Waals surface area (Å²) in [5.41, 5.74) is 1.82. The number of hydrogen-bond donors (Lipinski definition) is 1. The first-order valence-corrected chi connectivity index (χ1v) is 9.80. The molecule has 1 N–H and O–H groups in total. The highest BCUT2D eigenvalue weighted by Gasteiger charge is 2.59. The van der Waals surface area contributed by atoms with E-state index in [4.69, 9.17) is 0 Å². The van der Waals surface area contributed by atoms with Gasteiger partial charge in [-0.1, -0.05) is 26.3 Å². The van der Waals surface area contributed by atoms with E-state index in [1.54, 1.807) is 0 Å². The first kappa shape index (κ1) is 15.9. The summed E-state index contributed by atoms with van der Waals surface area (Å²) in [6.07, 6.45) is 8.80. The van der Waals surface area contributed by atoms with Crippen molar-refractivity contribution in [2.75, 3.05) is 6.61 Å². The monoisotopic (exact) mass is 316 g/mol. The normalized spacial score (nSPS) is 52.4. The molecule has 0 heterocycles. The van der Waals surface area contributed by atoms with Crippen LogP contribution in [0.25, 0.3) is 0 Å². The summed E-state index contributed by atoms with van der Waals surface area (Å²) >= 11 is 0. The molecule has 2 heteroatoms. The first-order chi connectivity index (χ1) is 11.0. The molecular formula is C21H32O2. The topological polar surface area (TPSA) is 37.3 Å². The molecule has 0 bridgehead atoms. The Balaban J connectivity index is 1.69. The van der Waals surface area contributed by atoms with E-state index in [0.29, 0.717) is 35.6 Å². The Bertz CT molecular complexity index is 536. The molecule has 0 aliphatic heterocycles. The van der Waals surface area contributed by atoms with Crippen molar-refractivity contribution in [2.45, 2.75) is 59.3 Å². The van der Waals surface area contributed by atoms with Crippen molar-refractivity contribution in [1.82, 2.24) is 0 Å². The molecule has 0 radical (unpaired) electrons. The number of carbonyl (C=O) groups is 1. The molecule has 0 saturated heterocycles. The molecule has 128 valence electrons. The van der Waals surface area contributed by atoms with E-state index in [9.17, 15) is 9.90 Å². The third kappa shape index (κ3) is 2.20. The van der Waals surface area contributed by atoms with E-state index in [1.807, 2.05) is 6.08 Å². The molecule has 0 aromatic rings. The van der Waals surface area contributed by atoms with Crippen LogP contribution in [0.2, 0.25) is 0 Å². The fourth-order valence-electron chi connectivity index (χ4n) is 7.52. The molecule has 0 unspecified atom stereocenters. The standard InChI is InChI=1S/C21H32O2/c1-12-8-14-10-16(23)4-5-17(14)18-6-7-21(3)15(11-22)9-13(2)20(21)19(12)18/h10,12-13,15,17-20,22H,4-9,11H2,1-3H3/t12-,13-,15+,17+,18-,19-,20-,21-/m1/s1. The van der Waals surface area contributed by atoms with Gasteiger partial charge in [-0.25, -0.2) is 0 Å². The van der Waals surface area contributed by atoms with Crippen LogP contribution >= 0.6 is 0 Å². The molecule has 0 aromatic carbocycles. The van der Waals surface area contributed by atoms with E-state index in [-0.39, 0.29) is 0 Å². The van der Waals surface area contributed by atoms with Crippen LogP contribution in [0.1, 0.15) is 59.3 Å².